The summed E-state index contributed by atoms with van der Waals surface area (Å²) >= 11 is 0. The lowest BCUT2D eigenvalue weighted by atomic mass is 9.97. The van der Waals surface area contributed by atoms with Gasteiger partial charge in [-0.25, -0.2) is 0 Å². The van der Waals surface area contributed by atoms with Gasteiger partial charge in [-0.2, -0.15) is 0 Å². The van der Waals surface area contributed by atoms with Crippen LogP contribution in [0.3, 0.4) is 0 Å². The van der Waals surface area contributed by atoms with Crippen LogP contribution in [0.25, 0.3) is 0 Å². The van der Waals surface area contributed by atoms with Gasteiger partial charge in [0.05, 0.1) is 6.42 Å². The third-order valence-electron chi connectivity index (χ3n) is 2.03. The largest absolute Gasteiger partial charge is 0.406 e. The van der Waals surface area contributed by atoms with Gasteiger partial charge in [-0.3, -0.25) is 9.59 Å². The summed E-state index contributed by atoms with van der Waals surface area (Å²) in [4.78, 5) is 23.3. The number of ketones is 2. The van der Waals surface area contributed by atoms with Gasteiger partial charge < -0.3 is 4.43 Å². The number of carbonyl (C=O) groups is 2. The van der Waals surface area contributed by atoms with E-state index in [0.29, 0.717) is 5.57 Å². The van der Waals surface area contributed by atoms with Gasteiger partial charge in [-0.15, -0.1) is 0 Å². The van der Waals surface area contributed by atoms with E-state index in [4.69, 9.17) is 4.43 Å². The number of Topliss-reactive ketones (excluding diaryl/α,β-unsaturated/α-hetero) is 2. The average molecular weight is 242 g/mol. The maximum Gasteiger partial charge on any atom is 0.185 e. The molecule has 0 aromatic carbocycles. The van der Waals surface area contributed by atoms with Gasteiger partial charge >= 0.3 is 0 Å². The molecule has 0 aromatic heterocycles. The Hall–Kier alpha value is -0.743. The molecular formula is C12H22O3Si. The molecule has 0 radical (unpaired) electrons. The molecule has 0 saturated carbocycles. The van der Waals surface area contributed by atoms with E-state index in [1.165, 1.54) is 0 Å². The minimum absolute atomic E-state index is 0.118. The van der Waals surface area contributed by atoms with E-state index in [2.05, 4.69) is 6.58 Å². The van der Waals surface area contributed by atoms with Crippen LogP contribution in [0.5, 0.6) is 0 Å². The standard InChI is InChI=1S/C12H22O3Si/c1-9(2)10(13)8-11(14)12(3,4)15-16(5,6)7/h1,8H2,2-7H3. The lowest BCUT2D eigenvalue weighted by Crippen LogP contribution is -2.44. The SMILES string of the molecule is C=C(C)C(=O)CC(=O)C(C)(C)O[Si](C)(C)C. The van der Waals surface area contributed by atoms with Gasteiger partial charge in [0.15, 0.2) is 19.9 Å². The lowest BCUT2D eigenvalue weighted by molar-refractivity contribution is -0.135. The molecule has 16 heavy (non-hydrogen) atoms. The Balaban J connectivity index is 4.59. The number of hydrogen-bond donors (Lipinski definition) is 0. The Morgan fingerprint density at radius 3 is 2.00 bits per heavy atom. The normalized spacial score (nSPS) is 12.4. The van der Waals surface area contributed by atoms with Gasteiger partial charge in [0.2, 0.25) is 0 Å². The van der Waals surface area contributed by atoms with Crippen LogP contribution in [-0.2, 0) is 14.0 Å². The highest BCUT2D eigenvalue weighted by molar-refractivity contribution is 6.70. The molecule has 0 N–H and O–H groups in total. The van der Waals surface area contributed by atoms with Crippen molar-refractivity contribution in [3.63, 3.8) is 0 Å². The first-order chi connectivity index (χ1) is 6.96. The molecule has 0 aromatic rings. The maximum atomic E-state index is 11.9. The summed E-state index contributed by atoms with van der Waals surface area (Å²) in [6.45, 7) is 14.6. The molecule has 0 unspecified atom stereocenters. The summed E-state index contributed by atoms with van der Waals surface area (Å²) in [5, 5.41) is 0. The summed E-state index contributed by atoms with van der Waals surface area (Å²) in [7, 11) is -1.79. The van der Waals surface area contributed by atoms with E-state index in [1.807, 2.05) is 19.6 Å². The first-order valence-electron chi connectivity index (χ1n) is 5.38. The van der Waals surface area contributed by atoms with Crippen molar-refractivity contribution >= 4 is 19.9 Å². The first-order valence-corrected chi connectivity index (χ1v) is 8.79. The minimum atomic E-state index is -1.79. The van der Waals surface area contributed by atoms with E-state index in [9.17, 15) is 9.59 Å². The summed E-state index contributed by atoms with van der Waals surface area (Å²) in [6.07, 6.45) is -0.118. The summed E-state index contributed by atoms with van der Waals surface area (Å²) in [6, 6.07) is 0. The number of rotatable bonds is 6. The van der Waals surface area contributed by atoms with Crippen molar-refractivity contribution < 1.29 is 14.0 Å². The molecule has 0 aliphatic heterocycles. The number of allylic oxidation sites excluding steroid dienone is 1. The van der Waals surface area contributed by atoms with Gasteiger partial charge in [0.25, 0.3) is 0 Å². The predicted molar refractivity (Wildman–Crippen MR) is 68.0 cm³/mol. The molecule has 0 spiro atoms. The zero-order valence-corrected chi connectivity index (χ0v) is 12.1. The van der Waals surface area contributed by atoms with Crippen molar-refractivity contribution in [3.05, 3.63) is 12.2 Å². The van der Waals surface area contributed by atoms with Crippen LogP contribution < -0.4 is 0 Å². The highest BCUT2D eigenvalue weighted by atomic mass is 28.4. The second kappa shape index (κ2) is 5.06. The smallest absolute Gasteiger partial charge is 0.185 e. The molecule has 92 valence electrons. The van der Waals surface area contributed by atoms with Crippen LogP contribution in [0.15, 0.2) is 12.2 Å². The molecule has 0 bridgehead atoms. The van der Waals surface area contributed by atoms with Gasteiger partial charge in [0, 0.05) is 0 Å². The minimum Gasteiger partial charge on any atom is -0.406 e. The Bertz CT molecular complexity index is 311. The van der Waals surface area contributed by atoms with Crippen LogP contribution in [-0.4, -0.2) is 25.5 Å². The number of carbonyl (C=O) groups excluding carboxylic acids is 2. The third-order valence-corrected chi connectivity index (χ3v) is 3.15. The molecule has 0 aliphatic rings. The number of hydrogen-bond acceptors (Lipinski definition) is 3. The fraction of sp³-hybridized carbons (Fsp3) is 0.667. The zero-order chi connectivity index (χ0) is 13.1. The van der Waals surface area contributed by atoms with E-state index >= 15 is 0 Å². The maximum absolute atomic E-state index is 11.9. The van der Waals surface area contributed by atoms with E-state index < -0.39 is 13.9 Å². The summed E-state index contributed by atoms with van der Waals surface area (Å²) in [5.41, 5.74) is -0.465. The Kier molecular flexibility index (Phi) is 4.82. The lowest BCUT2D eigenvalue weighted by Gasteiger charge is -2.31. The van der Waals surface area contributed by atoms with Gasteiger partial charge in [0.1, 0.15) is 5.60 Å². The van der Waals surface area contributed by atoms with Crippen molar-refractivity contribution in [1.82, 2.24) is 0 Å². The Morgan fingerprint density at radius 2 is 1.69 bits per heavy atom. The fourth-order valence-electron chi connectivity index (χ4n) is 1.33. The molecule has 3 nitrogen and oxygen atoms in total. The molecule has 0 fully saturated rings. The molecular weight excluding hydrogens is 220 g/mol. The van der Waals surface area contributed by atoms with Crippen molar-refractivity contribution in [3.8, 4) is 0 Å². The third kappa shape index (κ3) is 5.37. The Morgan fingerprint density at radius 1 is 1.25 bits per heavy atom. The van der Waals surface area contributed by atoms with Crippen molar-refractivity contribution in [2.75, 3.05) is 0 Å². The van der Waals surface area contributed by atoms with Crippen molar-refractivity contribution in [2.24, 2.45) is 0 Å². The van der Waals surface area contributed by atoms with Gasteiger partial charge in [-0.05, 0) is 46.0 Å². The first kappa shape index (κ1) is 15.3. The molecule has 0 aliphatic carbocycles. The molecule has 4 heteroatoms. The highest BCUT2D eigenvalue weighted by Gasteiger charge is 2.34. The fourth-order valence-corrected chi connectivity index (χ4v) is 2.98. The molecule has 0 rings (SSSR count). The van der Waals surface area contributed by atoms with Crippen LogP contribution in [0.4, 0.5) is 0 Å². The summed E-state index contributed by atoms with van der Waals surface area (Å²) in [5.74, 6) is -0.389. The second-order valence-electron chi connectivity index (χ2n) is 5.53. The monoisotopic (exact) mass is 242 g/mol. The van der Waals surface area contributed by atoms with E-state index in [-0.39, 0.29) is 18.0 Å². The van der Waals surface area contributed by atoms with E-state index in [0.717, 1.165) is 0 Å². The highest BCUT2D eigenvalue weighted by Crippen LogP contribution is 2.20. The van der Waals surface area contributed by atoms with Crippen LogP contribution in [0, 0.1) is 0 Å². The summed E-state index contributed by atoms with van der Waals surface area (Å²) < 4.78 is 5.78. The molecule has 0 amide bonds. The van der Waals surface area contributed by atoms with Crippen LogP contribution >= 0.6 is 0 Å². The Labute approximate surface area is 99.0 Å². The molecule has 0 saturated heterocycles. The van der Waals surface area contributed by atoms with Gasteiger partial charge in [-0.1, -0.05) is 6.58 Å². The second-order valence-corrected chi connectivity index (χ2v) is 9.96. The zero-order valence-electron chi connectivity index (χ0n) is 11.1. The van der Waals surface area contributed by atoms with Crippen molar-refractivity contribution in [2.45, 2.75) is 52.4 Å². The van der Waals surface area contributed by atoms with Crippen molar-refractivity contribution in [1.29, 1.82) is 0 Å². The van der Waals surface area contributed by atoms with Crippen LogP contribution in [0.1, 0.15) is 27.2 Å². The van der Waals surface area contributed by atoms with Crippen LogP contribution in [0.2, 0.25) is 19.6 Å². The quantitative estimate of drug-likeness (QED) is 0.408. The topological polar surface area (TPSA) is 43.4 Å². The predicted octanol–water partition coefficient (Wildman–Crippen LogP) is 2.72. The van der Waals surface area contributed by atoms with E-state index in [1.54, 1.807) is 20.8 Å². The molecule has 0 atom stereocenters. The average Bonchev–Trinajstić information content (AvgIpc) is 1.98. The molecule has 0 heterocycles.